The molecule has 2 aromatic rings. The minimum absolute atomic E-state index is 0.0105. The van der Waals surface area contributed by atoms with Crippen LogP contribution in [0.1, 0.15) is 21.7 Å². The number of thiazole rings is 1. The third-order valence-corrected chi connectivity index (χ3v) is 3.81. The van der Waals surface area contributed by atoms with E-state index in [-0.39, 0.29) is 6.61 Å². The molecule has 3 nitrogen and oxygen atoms in total. The zero-order chi connectivity index (χ0) is 13.0. The fourth-order valence-electron chi connectivity index (χ4n) is 1.79. The molecular weight excluding hydrogens is 246 g/mol. The predicted octanol–water partition coefficient (Wildman–Crippen LogP) is 2.87. The van der Waals surface area contributed by atoms with Gasteiger partial charge < -0.3 is 9.84 Å². The van der Waals surface area contributed by atoms with Gasteiger partial charge in [0.15, 0.2) is 0 Å². The normalized spacial score (nSPS) is 10.6. The number of rotatable bonds is 5. The number of benzene rings is 1. The Morgan fingerprint density at radius 2 is 2.17 bits per heavy atom. The van der Waals surface area contributed by atoms with E-state index < -0.39 is 0 Å². The molecule has 1 aromatic carbocycles. The minimum atomic E-state index is 0.0105. The topological polar surface area (TPSA) is 42.4 Å². The molecule has 0 atom stereocenters. The van der Waals surface area contributed by atoms with E-state index in [0.717, 1.165) is 29.0 Å². The Hall–Kier alpha value is -1.39. The van der Waals surface area contributed by atoms with Crippen LogP contribution in [-0.4, -0.2) is 16.7 Å². The van der Waals surface area contributed by atoms with Gasteiger partial charge in [0.25, 0.3) is 0 Å². The van der Waals surface area contributed by atoms with Crippen molar-refractivity contribution in [1.82, 2.24) is 4.98 Å². The van der Waals surface area contributed by atoms with Crippen LogP contribution in [-0.2, 0) is 13.0 Å². The lowest BCUT2D eigenvalue weighted by Crippen LogP contribution is -2.03. The number of aliphatic hydroxyl groups excluding tert-OH is 1. The molecule has 0 spiro atoms. The summed E-state index contributed by atoms with van der Waals surface area (Å²) < 4.78 is 5.73. The number of hydrogen-bond donors (Lipinski definition) is 1. The lowest BCUT2D eigenvalue weighted by Gasteiger charge is -2.10. The smallest absolute Gasteiger partial charge is 0.124 e. The van der Waals surface area contributed by atoms with Crippen molar-refractivity contribution in [3.05, 3.63) is 45.4 Å². The molecule has 0 radical (unpaired) electrons. The highest BCUT2D eigenvalue weighted by Gasteiger charge is 2.05. The Bertz CT molecular complexity index is 522. The maximum absolute atomic E-state index is 9.28. The second-order valence-electron chi connectivity index (χ2n) is 4.23. The van der Waals surface area contributed by atoms with Gasteiger partial charge in [-0.3, -0.25) is 0 Å². The van der Waals surface area contributed by atoms with E-state index in [2.05, 4.69) is 4.98 Å². The molecule has 1 heterocycles. The molecule has 0 amide bonds. The van der Waals surface area contributed by atoms with Crippen LogP contribution in [0.5, 0.6) is 5.75 Å². The molecule has 2 rings (SSSR count). The van der Waals surface area contributed by atoms with Crippen molar-refractivity contribution < 1.29 is 9.84 Å². The minimum Gasteiger partial charge on any atom is -0.493 e. The maximum Gasteiger partial charge on any atom is 0.124 e. The lowest BCUT2D eigenvalue weighted by molar-refractivity contribution is 0.264. The monoisotopic (exact) mass is 263 g/mol. The third-order valence-electron chi connectivity index (χ3n) is 2.82. The van der Waals surface area contributed by atoms with E-state index in [9.17, 15) is 5.11 Å². The zero-order valence-electron chi connectivity index (χ0n) is 10.6. The Labute approximate surface area is 111 Å². The molecule has 0 aliphatic carbocycles. The second kappa shape index (κ2) is 5.98. The Kier molecular flexibility index (Phi) is 4.33. The largest absolute Gasteiger partial charge is 0.493 e. The number of hydrogen-bond acceptors (Lipinski definition) is 4. The highest BCUT2D eigenvalue weighted by Crippen LogP contribution is 2.21. The first-order chi connectivity index (χ1) is 8.70. The molecule has 1 aromatic heterocycles. The number of aromatic nitrogens is 1. The summed E-state index contributed by atoms with van der Waals surface area (Å²) in [5, 5.41) is 9.28. The summed E-state index contributed by atoms with van der Waals surface area (Å²) in [7, 11) is 0. The molecule has 4 heteroatoms. The molecule has 0 bridgehead atoms. The second-order valence-corrected chi connectivity index (χ2v) is 5.17. The molecule has 18 heavy (non-hydrogen) atoms. The molecular formula is C14H17NO2S. The highest BCUT2D eigenvalue weighted by molar-refractivity contribution is 7.09. The summed E-state index contributed by atoms with van der Waals surface area (Å²) in [6.07, 6.45) is 0.856. The van der Waals surface area contributed by atoms with Crippen LogP contribution in [0.25, 0.3) is 0 Å². The van der Waals surface area contributed by atoms with Crippen LogP contribution in [0, 0.1) is 13.8 Å². The first kappa shape index (κ1) is 13.1. The third kappa shape index (κ3) is 3.09. The van der Waals surface area contributed by atoms with Gasteiger partial charge in [-0.05, 0) is 19.9 Å². The quantitative estimate of drug-likeness (QED) is 0.902. The molecule has 1 N–H and O–H groups in total. The molecule has 0 saturated heterocycles. The predicted molar refractivity (Wildman–Crippen MR) is 73.2 cm³/mol. The summed E-state index contributed by atoms with van der Waals surface area (Å²) >= 11 is 1.66. The molecule has 0 fully saturated rings. The Morgan fingerprint density at radius 3 is 2.83 bits per heavy atom. The first-order valence-electron chi connectivity index (χ1n) is 5.93. The van der Waals surface area contributed by atoms with Gasteiger partial charge >= 0.3 is 0 Å². The van der Waals surface area contributed by atoms with E-state index in [1.54, 1.807) is 11.3 Å². The average molecular weight is 263 g/mol. The van der Waals surface area contributed by atoms with Crippen molar-refractivity contribution in [1.29, 1.82) is 0 Å². The van der Waals surface area contributed by atoms with Gasteiger partial charge in [0.2, 0.25) is 0 Å². The van der Waals surface area contributed by atoms with Gasteiger partial charge in [0.1, 0.15) is 5.75 Å². The SMILES string of the molecule is Cc1ccc(OCCc2scnc2C)c(CO)c1. The summed E-state index contributed by atoms with van der Waals surface area (Å²) in [5.74, 6) is 0.769. The van der Waals surface area contributed by atoms with Crippen LogP contribution in [0.4, 0.5) is 0 Å². The van der Waals surface area contributed by atoms with Crippen molar-refractivity contribution in [3.63, 3.8) is 0 Å². The van der Waals surface area contributed by atoms with Crippen LogP contribution < -0.4 is 4.74 Å². The first-order valence-corrected chi connectivity index (χ1v) is 6.81. The fraction of sp³-hybridized carbons (Fsp3) is 0.357. The van der Waals surface area contributed by atoms with Crippen LogP contribution >= 0.6 is 11.3 Å². The van der Waals surface area contributed by atoms with Crippen molar-refractivity contribution in [2.45, 2.75) is 26.9 Å². The van der Waals surface area contributed by atoms with E-state index in [4.69, 9.17) is 4.74 Å². The van der Waals surface area contributed by atoms with Crippen LogP contribution in [0.15, 0.2) is 23.7 Å². The van der Waals surface area contributed by atoms with Crippen molar-refractivity contribution in [2.75, 3.05) is 6.61 Å². The zero-order valence-corrected chi connectivity index (χ0v) is 11.5. The summed E-state index contributed by atoms with van der Waals surface area (Å²) in [5.41, 5.74) is 4.91. The van der Waals surface area contributed by atoms with E-state index in [0.29, 0.717) is 6.61 Å². The van der Waals surface area contributed by atoms with Gasteiger partial charge in [-0.15, -0.1) is 11.3 Å². The fourth-order valence-corrected chi connectivity index (χ4v) is 2.55. The number of aliphatic hydroxyl groups is 1. The lowest BCUT2D eigenvalue weighted by atomic mass is 10.1. The average Bonchev–Trinajstić information content (AvgIpc) is 2.77. The summed E-state index contributed by atoms with van der Waals surface area (Å²) in [4.78, 5) is 5.47. The van der Waals surface area contributed by atoms with E-state index in [1.807, 2.05) is 37.6 Å². The molecule has 0 aliphatic heterocycles. The van der Waals surface area contributed by atoms with Crippen LogP contribution in [0.2, 0.25) is 0 Å². The summed E-state index contributed by atoms with van der Waals surface area (Å²) in [6, 6.07) is 5.86. The molecule has 0 unspecified atom stereocenters. The van der Waals surface area contributed by atoms with Crippen LogP contribution in [0.3, 0.4) is 0 Å². The summed E-state index contributed by atoms with van der Waals surface area (Å²) in [6.45, 7) is 4.64. The Morgan fingerprint density at radius 1 is 1.33 bits per heavy atom. The molecule has 96 valence electrons. The van der Waals surface area contributed by atoms with Gasteiger partial charge in [-0.2, -0.15) is 0 Å². The van der Waals surface area contributed by atoms with Crippen molar-refractivity contribution >= 4 is 11.3 Å². The van der Waals surface area contributed by atoms with E-state index >= 15 is 0 Å². The van der Waals surface area contributed by atoms with Gasteiger partial charge in [0.05, 0.1) is 24.4 Å². The number of nitrogens with zero attached hydrogens (tertiary/aromatic N) is 1. The number of ether oxygens (including phenoxy) is 1. The van der Waals surface area contributed by atoms with E-state index in [1.165, 1.54) is 4.88 Å². The highest BCUT2D eigenvalue weighted by atomic mass is 32.1. The van der Waals surface area contributed by atoms with Crippen molar-refractivity contribution in [3.8, 4) is 5.75 Å². The Balaban J connectivity index is 1.96. The van der Waals surface area contributed by atoms with Gasteiger partial charge in [0, 0.05) is 16.9 Å². The number of aryl methyl sites for hydroxylation is 2. The standard InChI is InChI=1S/C14H17NO2S/c1-10-3-4-13(12(7-10)8-16)17-6-5-14-11(2)15-9-18-14/h3-4,7,9,16H,5-6,8H2,1-2H3. The molecule has 0 aliphatic rings. The maximum atomic E-state index is 9.28. The van der Waals surface area contributed by atoms with Gasteiger partial charge in [-0.1, -0.05) is 17.7 Å². The molecule has 0 saturated carbocycles. The van der Waals surface area contributed by atoms with Crippen molar-refractivity contribution in [2.24, 2.45) is 0 Å². The van der Waals surface area contributed by atoms with Gasteiger partial charge in [-0.25, -0.2) is 4.98 Å².